The molecule has 0 atom stereocenters. The summed E-state index contributed by atoms with van der Waals surface area (Å²) in [5, 5.41) is 3.35. The molecule has 7 aromatic carbocycles. The van der Waals surface area contributed by atoms with Crippen LogP contribution in [-0.2, 0) is 16.2 Å². The van der Waals surface area contributed by atoms with Crippen LogP contribution in [0.2, 0.25) is 0 Å². The second-order valence-electron chi connectivity index (χ2n) is 21.5. The monoisotopic (exact) mass is 881 g/mol. The lowest BCUT2D eigenvalue weighted by molar-refractivity contribution is 0.590. The van der Waals surface area contributed by atoms with Gasteiger partial charge in [-0.15, -0.1) is 12.6 Å². The zero-order chi connectivity index (χ0) is 46.4. The van der Waals surface area contributed by atoms with E-state index in [1.807, 2.05) is 18.3 Å². The van der Waals surface area contributed by atoms with E-state index < -0.39 is 0 Å². The third kappa shape index (κ3) is 7.61. The third-order valence-electron chi connectivity index (χ3n) is 13.4. The molecule has 0 amide bonds. The van der Waals surface area contributed by atoms with Gasteiger partial charge in [-0.1, -0.05) is 149 Å². The van der Waals surface area contributed by atoms with Gasteiger partial charge in [0.25, 0.3) is 0 Å². The molecule has 3 aromatic heterocycles. The van der Waals surface area contributed by atoms with Gasteiger partial charge in [-0.3, -0.25) is 9.55 Å². The Bertz CT molecular complexity index is 3510. The van der Waals surface area contributed by atoms with Gasteiger partial charge in [0.2, 0.25) is 0 Å². The highest BCUT2D eigenvalue weighted by atomic mass is 32.1. The fourth-order valence-electron chi connectivity index (χ4n) is 9.55. The van der Waals surface area contributed by atoms with E-state index in [1.54, 1.807) is 0 Å². The lowest BCUT2D eigenvalue weighted by Crippen LogP contribution is -2.13. The molecule has 0 spiro atoms. The minimum Gasteiger partial charge on any atom is -0.456 e. The number of benzene rings is 7. The van der Waals surface area contributed by atoms with Crippen molar-refractivity contribution in [2.24, 2.45) is 0 Å². The van der Waals surface area contributed by atoms with Crippen molar-refractivity contribution in [3.8, 4) is 50.5 Å². The summed E-state index contributed by atoms with van der Waals surface area (Å²) in [6.45, 7) is 25.2. The van der Waals surface area contributed by atoms with Gasteiger partial charge in [-0.2, -0.15) is 0 Å². The largest absolute Gasteiger partial charge is 0.456 e. The molecule has 0 saturated carbocycles. The molecule has 10 rings (SSSR count). The van der Waals surface area contributed by atoms with Gasteiger partial charge >= 0.3 is 0 Å². The predicted octanol–water partition coefficient (Wildman–Crippen LogP) is 17.4. The van der Waals surface area contributed by atoms with Crippen LogP contribution in [-0.4, -0.2) is 14.5 Å². The summed E-state index contributed by atoms with van der Waals surface area (Å²) in [5.41, 5.74) is 18.1. The summed E-state index contributed by atoms with van der Waals surface area (Å²) >= 11 is 5.14. The fourth-order valence-corrected chi connectivity index (χ4v) is 9.86. The summed E-state index contributed by atoms with van der Waals surface area (Å²) in [6.07, 6.45) is 1.99. The molecule has 0 radical (unpaired) electrons. The maximum absolute atomic E-state index is 6.32. The number of hydrogen-bond donors (Lipinski definition) is 1. The van der Waals surface area contributed by atoms with Crippen molar-refractivity contribution in [3.63, 3.8) is 0 Å². The zero-order valence-electron chi connectivity index (χ0n) is 40.1. The van der Waals surface area contributed by atoms with Crippen molar-refractivity contribution in [2.45, 2.75) is 103 Å². The molecular formula is C61H59N3OS. The van der Waals surface area contributed by atoms with Crippen LogP contribution in [0.25, 0.3) is 94.3 Å². The van der Waals surface area contributed by atoms with E-state index in [2.05, 4.69) is 208 Å². The van der Waals surface area contributed by atoms with Crippen molar-refractivity contribution >= 4 is 56.5 Å². The molecular weight excluding hydrogens is 823 g/mol. The number of rotatable bonds is 6. The molecule has 10 aromatic rings. The summed E-state index contributed by atoms with van der Waals surface area (Å²) in [6, 6.07) is 50.9. The highest BCUT2D eigenvalue weighted by Gasteiger charge is 2.27. The predicted molar refractivity (Wildman–Crippen MR) is 283 cm³/mol. The first-order valence-corrected chi connectivity index (χ1v) is 23.8. The number of nitrogens with zero attached hydrogens (tertiary/aromatic N) is 3. The van der Waals surface area contributed by atoms with E-state index in [9.17, 15) is 0 Å². The van der Waals surface area contributed by atoms with Crippen LogP contribution >= 0.6 is 12.6 Å². The van der Waals surface area contributed by atoms with Gasteiger partial charge in [-0.05, 0) is 128 Å². The minimum atomic E-state index is -0.173. The molecule has 0 N–H and O–H groups in total. The van der Waals surface area contributed by atoms with Crippen molar-refractivity contribution in [3.05, 3.63) is 168 Å². The average molecular weight is 882 g/mol. The first-order chi connectivity index (χ1) is 31.3. The second kappa shape index (κ2) is 15.9. The van der Waals surface area contributed by atoms with Crippen LogP contribution < -0.4 is 0 Å². The van der Waals surface area contributed by atoms with Gasteiger partial charge in [0, 0.05) is 49.5 Å². The maximum Gasteiger partial charge on any atom is 0.145 e. The number of pyridine rings is 1. The smallest absolute Gasteiger partial charge is 0.145 e. The second-order valence-corrected chi connectivity index (χ2v) is 22.0. The van der Waals surface area contributed by atoms with Crippen LogP contribution in [0.15, 0.2) is 155 Å². The van der Waals surface area contributed by atoms with Crippen LogP contribution in [0.4, 0.5) is 0 Å². The summed E-state index contributed by atoms with van der Waals surface area (Å²) < 4.78 is 8.73. The van der Waals surface area contributed by atoms with E-state index in [0.29, 0.717) is 5.92 Å². The van der Waals surface area contributed by atoms with Gasteiger partial charge < -0.3 is 4.42 Å². The van der Waals surface area contributed by atoms with E-state index in [0.717, 1.165) is 93.8 Å². The standard InChI is InChI=1S/C61H59N3OS/c1-36(2)43-26-27-62-56-47(32-42(33-50(43)56)61(9,10)11)38-28-39(30-41(29-38)60(6,7)8)58-63-57-45(49-34-48-44-20-15-16-23-53(44)65-54(48)35-55(49)66)21-17-22-52(57)64(58)51-25-24-40(59(3,4)5)31-46(51)37-18-13-12-14-19-37/h12-36,66H,1-11H3. The number of para-hydroxylation sites is 2. The van der Waals surface area contributed by atoms with Crippen LogP contribution in [0.5, 0.6) is 0 Å². The van der Waals surface area contributed by atoms with Gasteiger partial charge in [0.05, 0.1) is 22.2 Å². The maximum atomic E-state index is 6.32. The highest BCUT2D eigenvalue weighted by Crippen LogP contribution is 2.45. The Morgan fingerprint density at radius 1 is 0.500 bits per heavy atom. The molecule has 3 heterocycles. The number of hydrogen-bond acceptors (Lipinski definition) is 4. The molecule has 0 aliphatic carbocycles. The van der Waals surface area contributed by atoms with E-state index in [-0.39, 0.29) is 16.2 Å². The number of aromatic nitrogens is 3. The van der Waals surface area contributed by atoms with Crippen molar-refractivity contribution < 1.29 is 4.42 Å². The quantitative estimate of drug-likeness (QED) is 0.169. The molecule has 0 unspecified atom stereocenters. The lowest BCUT2D eigenvalue weighted by atomic mass is 9.81. The number of thiol groups is 1. The first kappa shape index (κ1) is 43.5. The topological polar surface area (TPSA) is 43.9 Å². The molecule has 4 nitrogen and oxygen atoms in total. The summed E-state index contributed by atoms with van der Waals surface area (Å²) in [5.74, 6) is 1.21. The normalized spacial score (nSPS) is 12.7. The summed E-state index contributed by atoms with van der Waals surface area (Å²) in [7, 11) is 0. The SMILES string of the molecule is CC(C)c1ccnc2c(-c3cc(-c4nc5c(-c6cc7c(cc6S)oc6ccccc67)cccc5n4-c4ccc(C(C)(C)C)cc4-c4ccccc4)cc(C(C)(C)C)c3)cc(C(C)(C)C)cc12. The van der Waals surface area contributed by atoms with Crippen LogP contribution in [0.3, 0.4) is 0 Å². The zero-order valence-corrected chi connectivity index (χ0v) is 41.0. The van der Waals surface area contributed by atoms with Crippen molar-refractivity contribution in [2.75, 3.05) is 0 Å². The Hall–Kier alpha value is -6.43. The first-order valence-electron chi connectivity index (χ1n) is 23.3. The van der Waals surface area contributed by atoms with Crippen molar-refractivity contribution in [1.82, 2.24) is 14.5 Å². The molecule has 5 heteroatoms. The molecule has 0 aliphatic heterocycles. The van der Waals surface area contributed by atoms with Gasteiger partial charge in [-0.25, -0.2) is 4.98 Å². The lowest BCUT2D eigenvalue weighted by Gasteiger charge is -2.25. The Balaban J connectivity index is 1.32. The minimum absolute atomic E-state index is 0.0578. The molecule has 330 valence electrons. The molecule has 66 heavy (non-hydrogen) atoms. The van der Waals surface area contributed by atoms with Crippen molar-refractivity contribution in [1.29, 1.82) is 0 Å². The summed E-state index contributed by atoms with van der Waals surface area (Å²) in [4.78, 5) is 11.8. The Kier molecular flexibility index (Phi) is 10.5. The molecule has 0 saturated heterocycles. The third-order valence-corrected chi connectivity index (χ3v) is 13.8. The Morgan fingerprint density at radius 2 is 1.18 bits per heavy atom. The van der Waals surface area contributed by atoms with Gasteiger partial charge in [0.15, 0.2) is 0 Å². The Morgan fingerprint density at radius 3 is 1.91 bits per heavy atom. The van der Waals surface area contributed by atoms with E-state index >= 15 is 0 Å². The average Bonchev–Trinajstić information content (AvgIpc) is 3.85. The van der Waals surface area contributed by atoms with Crippen LogP contribution in [0, 0.1) is 0 Å². The molecule has 0 fully saturated rings. The number of fused-ring (bicyclic) bond motifs is 5. The Labute approximate surface area is 395 Å². The van der Waals surface area contributed by atoms with E-state index in [1.165, 1.54) is 27.6 Å². The highest BCUT2D eigenvalue weighted by molar-refractivity contribution is 7.80. The number of imidazole rings is 1. The van der Waals surface area contributed by atoms with E-state index in [4.69, 9.17) is 27.0 Å². The molecule has 0 bridgehead atoms. The fraction of sp³-hybridized carbons (Fsp3) is 0.246. The number of furan rings is 1. The van der Waals surface area contributed by atoms with Crippen LogP contribution in [0.1, 0.15) is 104 Å². The van der Waals surface area contributed by atoms with Gasteiger partial charge in [0.1, 0.15) is 17.0 Å². The molecule has 0 aliphatic rings.